The van der Waals surface area contributed by atoms with Crippen LogP contribution in [0.4, 0.5) is 93.5 Å². The third kappa shape index (κ3) is 7.80. The Bertz CT molecular complexity index is 1920. The van der Waals surface area contributed by atoms with E-state index >= 15 is 13.2 Å². The number of thiazole rings is 1. The van der Waals surface area contributed by atoms with Crippen LogP contribution >= 0.6 is 11.3 Å². The number of rotatable bonds is 9. The normalized spacial score (nSPS) is 16.9. The van der Waals surface area contributed by atoms with Crippen LogP contribution in [0.15, 0.2) is 53.9 Å². The van der Waals surface area contributed by atoms with Crippen molar-refractivity contribution in [2.45, 2.75) is 67.3 Å². The average molecular weight is 894 g/mol. The molecule has 2 amide bonds. The molecule has 6 nitrogen and oxygen atoms in total. The van der Waals surface area contributed by atoms with Crippen LogP contribution in [0, 0.1) is 5.41 Å². The first-order chi connectivity index (χ1) is 26.2. The van der Waals surface area contributed by atoms with Crippen LogP contribution in [0.5, 0.6) is 5.75 Å². The van der Waals surface area contributed by atoms with Gasteiger partial charge < -0.3 is 15.0 Å². The summed E-state index contributed by atoms with van der Waals surface area (Å²) in [6.45, 7) is -2.63. The number of para-hydroxylation sites is 1. The molecule has 0 bridgehead atoms. The van der Waals surface area contributed by atoms with Crippen molar-refractivity contribution in [3.63, 3.8) is 0 Å². The zero-order valence-corrected chi connectivity index (χ0v) is 28.5. The first-order valence-corrected chi connectivity index (χ1v) is 16.3. The number of anilines is 1. The Morgan fingerprint density at radius 1 is 0.690 bits per heavy atom. The minimum Gasteiger partial charge on any atom is -0.406 e. The second-order valence-electron chi connectivity index (χ2n) is 12.3. The largest absolute Gasteiger partial charge is 0.573 e. The van der Waals surface area contributed by atoms with E-state index in [1.807, 2.05) is 0 Å². The number of benzene rings is 2. The van der Waals surface area contributed by atoms with Gasteiger partial charge in [-0.3, -0.25) is 9.59 Å². The summed E-state index contributed by atoms with van der Waals surface area (Å²) < 4.78 is 278. The van der Waals surface area contributed by atoms with Gasteiger partial charge in [0.1, 0.15) is 11.4 Å². The van der Waals surface area contributed by atoms with Gasteiger partial charge in [-0.25, -0.2) is 18.2 Å². The van der Waals surface area contributed by atoms with Gasteiger partial charge in [-0.05, 0) is 36.6 Å². The van der Waals surface area contributed by atoms with Crippen molar-refractivity contribution in [1.82, 2.24) is 9.88 Å². The molecule has 0 spiro atoms. The summed E-state index contributed by atoms with van der Waals surface area (Å²) in [5, 5.41) is 3.51. The number of halogens is 20. The third-order valence-electron chi connectivity index (χ3n) is 8.73. The van der Waals surface area contributed by atoms with E-state index in [1.165, 1.54) is 36.4 Å². The summed E-state index contributed by atoms with van der Waals surface area (Å²) in [5.74, 6) is -23.4. The Kier molecular flexibility index (Phi) is 11.8. The first kappa shape index (κ1) is 46.1. The standard InChI is InChI=1S/C31H19F20N3O3S/c32-23(33,25(34,30(46,47)48)26(35,36)24(27(37,38)39,28(40,41)42)29(43,44)45)22(56)54-11-9-15(10-12-54)21-53-19(13-58-21)20(55)52-18-4-2-1-3-17(18)14-5-7-16(8-6-14)57-31(49,50)51/h1-8,13,15H,9-12H2,(H,52,55). The van der Waals surface area contributed by atoms with Gasteiger partial charge in [0.05, 0.1) is 5.01 Å². The number of carbonyl (C=O) groups excluding carboxylic acids is 2. The fourth-order valence-electron chi connectivity index (χ4n) is 5.95. The average Bonchev–Trinajstić information content (AvgIpc) is 3.56. The molecule has 3 aromatic rings. The number of likely N-dealkylation sites (tertiary alicyclic amines) is 1. The number of alkyl halides is 20. The summed E-state index contributed by atoms with van der Waals surface area (Å²) in [6, 6.07) is 10.2. The highest BCUT2D eigenvalue weighted by molar-refractivity contribution is 7.10. The molecule has 58 heavy (non-hydrogen) atoms. The fourth-order valence-corrected chi connectivity index (χ4v) is 6.92. The van der Waals surface area contributed by atoms with E-state index in [2.05, 4.69) is 15.0 Å². The van der Waals surface area contributed by atoms with Crippen molar-refractivity contribution in [2.24, 2.45) is 5.41 Å². The number of hydrogen-bond acceptors (Lipinski definition) is 5. The fraction of sp³-hybridized carbons (Fsp3) is 0.452. The maximum absolute atomic E-state index is 15.3. The minimum absolute atomic E-state index is 0.0653. The minimum atomic E-state index is -9.25. The monoisotopic (exact) mass is 893 g/mol. The van der Waals surface area contributed by atoms with Crippen LogP contribution in [-0.2, 0) is 4.79 Å². The molecule has 1 saturated heterocycles. The zero-order valence-electron chi connectivity index (χ0n) is 27.7. The number of piperidine rings is 1. The second kappa shape index (κ2) is 14.9. The number of amides is 2. The Morgan fingerprint density at radius 3 is 1.66 bits per heavy atom. The lowest BCUT2D eigenvalue weighted by Gasteiger charge is -2.50. The number of ether oxygens (including phenoxy) is 1. The second-order valence-corrected chi connectivity index (χ2v) is 13.1. The molecule has 0 saturated carbocycles. The topological polar surface area (TPSA) is 71.5 Å². The lowest BCUT2D eigenvalue weighted by Crippen LogP contribution is -2.81. The van der Waals surface area contributed by atoms with Crippen LogP contribution in [-0.4, -0.2) is 83.4 Å². The quantitative estimate of drug-likeness (QED) is 0.217. The predicted octanol–water partition coefficient (Wildman–Crippen LogP) is 10.9. The summed E-state index contributed by atoms with van der Waals surface area (Å²) in [6.07, 6.45) is -40.8. The van der Waals surface area contributed by atoms with E-state index in [0.29, 0.717) is 16.9 Å². The van der Waals surface area contributed by atoms with Gasteiger partial charge in [0, 0.05) is 35.6 Å². The maximum atomic E-state index is 15.3. The van der Waals surface area contributed by atoms with E-state index in [0.717, 1.165) is 17.5 Å². The van der Waals surface area contributed by atoms with E-state index < -0.39 is 108 Å². The summed E-state index contributed by atoms with van der Waals surface area (Å²) in [7, 11) is 0. The van der Waals surface area contributed by atoms with Crippen LogP contribution in [0.25, 0.3) is 11.1 Å². The molecule has 0 radical (unpaired) electrons. The molecule has 322 valence electrons. The van der Waals surface area contributed by atoms with E-state index in [9.17, 15) is 84.2 Å². The van der Waals surface area contributed by atoms with Crippen molar-refractivity contribution in [1.29, 1.82) is 0 Å². The van der Waals surface area contributed by atoms with Crippen molar-refractivity contribution < 1.29 is 102 Å². The highest BCUT2D eigenvalue weighted by Gasteiger charge is 3.03. The van der Waals surface area contributed by atoms with Gasteiger partial charge in [0.15, 0.2) is 0 Å². The number of nitrogens with zero attached hydrogens (tertiary/aromatic N) is 2. The van der Waals surface area contributed by atoms with E-state index in [1.54, 1.807) is 0 Å². The first-order valence-electron chi connectivity index (χ1n) is 15.4. The molecule has 0 aliphatic carbocycles. The summed E-state index contributed by atoms with van der Waals surface area (Å²) >= 11 is 0.680. The molecule has 1 aromatic heterocycles. The highest BCUT2D eigenvalue weighted by atomic mass is 32.1. The highest BCUT2D eigenvalue weighted by Crippen LogP contribution is 2.72. The van der Waals surface area contributed by atoms with Gasteiger partial charge in [-0.1, -0.05) is 30.3 Å². The maximum Gasteiger partial charge on any atom is 0.573 e. The molecule has 1 atom stereocenters. The number of aromatic nitrogens is 1. The van der Waals surface area contributed by atoms with Gasteiger partial charge in [0.25, 0.3) is 11.8 Å². The van der Waals surface area contributed by atoms with Crippen molar-refractivity contribution in [3.8, 4) is 16.9 Å². The van der Waals surface area contributed by atoms with Crippen LogP contribution in [0.1, 0.15) is 34.3 Å². The van der Waals surface area contributed by atoms with Gasteiger partial charge in [-0.2, -0.15) is 61.5 Å². The van der Waals surface area contributed by atoms with E-state index in [4.69, 9.17) is 0 Å². The molecule has 1 aliphatic rings. The van der Waals surface area contributed by atoms with Crippen LogP contribution in [0.2, 0.25) is 0 Å². The lowest BCUT2D eigenvalue weighted by atomic mass is 9.68. The summed E-state index contributed by atoms with van der Waals surface area (Å²) in [4.78, 5) is 28.9. The Labute approximate surface area is 313 Å². The van der Waals surface area contributed by atoms with Crippen molar-refractivity contribution in [3.05, 3.63) is 64.6 Å². The number of nitrogens with one attached hydrogen (secondary N) is 1. The predicted molar refractivity (Wildman–Crippen MR) is 158 cm³/mol. The molecule has 2 heterocycles. The molecule has 1 unspecified atom stereocenters. The van der Waals surface area contributed by atoms with E-state index in [-0.39, 0.29) is 22.0 Å². The Morgan fingerprint density at radius 2 is 1.19 bits per heavy atom. The molecule has 27 heteroatoms. The van der Waals surface area contributed by atoms with Gasteiger partial charge in [0.2, 0.25) is 0 Å². The molecular weight excluding hydrogens is 874 g/mol. The zero-order chi connectivity index (χ0) is 44.3. The molecule has 2 aromatic carbocycles. The molecule has 4 rings (SSSR count). The molecule has 1 fully saturated rings. The lowest BCUT2D eigenvalue weighted by molar-refractivity contribution is -0.509. The van der Waals surface area contributed by atoms with Crippen LogP contribution in [0.3, 0.4) is 0 Å². The van der Waals surface area contributed by atoms with Crippen molar-refractivity contribution in [2.75, 3.05) is 18.4 Å². The van der Waals surface area contributed by atoms with Gasteiger partial charge >= 0.3 is 54.0 Å². The number of carbonyl (C=O) groups is 2. The number of hydrogen-bond donors (Lipinski definition) is 1. The van der Waals surface area contributed by atoms with Crippen LogP contribution < -0.4 is 10.1 Å². The Balaban J connectivity index is 1.55. The SMILES string of the molecule is O=C(Nc1ccccc1-c1ccc(OC(F)(F)F)cc1)c1csc(C2CCN(C(=O)C(F)(F)C(F)(C(F)(F)F)C(F)(F)C(C(F)(F)F)(C(F)(F)F)C(F)(F)F)CC2)n1. The smallest absolute Gasteiger partial charge is 0.406 e. The third-order valence-corrected chi connectivity index (χ3v) is 9.74. The van der Waals surface area contributed by atoms with Gasteiger partial charge in [-0.15, -0.1) is 24.5 Å². The molecular formula is C31H19F20N3O3S. The summed E-state index contributed by atoms with van der Waals surface area (Å²) in [5.41, 5.74) is -17.6. The van der Waals surface area contributed by atoms with Crippen molar-refractivity contribution >= 4 is 28.8 Å². The molecule has 1 aliphatic heterocycles. The Hall–Kier alpha value is -4.59. The molecule has 1 N–H and O–H groups in total.